The Morgan fingerprint density at radius 1 is 0.727 bits per heavy atom. The number of anilines is 1. The molecule has 0 unspecified atom stereocenters. The van der Waals surface area contributed by atoms with Gasteiger partial charge in [0.1, 0.15) is 0 Å². The number of methoxy groups -OCH3 is 2. The Labute approximate surface area is 273 Å². The van der Waals surface area contributed by atoms with Gasteiger partial charge in [-0.3, -0.25) is 0 Å². The van der Waals surface area contributed by atoms with Gasteiger partial charge in [0.25, 0.3) is 0 Å². The van der Waals surface area contributed by atoms with Gasteiger partial charge in [-0.1, -0.05) is 0 Å². The Morgan fingerprint density at radius 3 is 1.52 bits per heavy atom. The Kier molecular flexibility index (Phi) is 14.2. The van der Waals surface area contributed by atoms with E-state index in [0.717, 1.165) is 80.4 Å². The summed E-state index contributed by atoms with van der Waals surface area (Å²) in [5.41, 5.74) is 1.84. The molecule has 0 fully saturated rings. The number of rotatable bonds is 18. The van der Waals surface area contributed by atoms with Gasteiger partial charge in [-0.2, -0.15) is 0 Å². The summed E-state index contributed by atoms with van der Waals surface area (Å²) in [6, 6.07) is 17.3. The molecule has 0 saturated carbocycles. The predicted molar refractivity (Wildman–Crippen MR) is 177 cm³/mol. The number of alkyl halides is 3. The Balaban J connectivity index is 2.15. The molecule has 44 heavy (non-hydrogen) atoms. The van der Waals surface area contributed by atoms with Crippen molar-refractivity contribution in [2.45, 2.75) is 108 Å². The van der Waals surface area contributed by atoms with Gasteiger partial charge in [0.15, 0.2) is 0 Å². The van der Waals surface area contributed by atoms with E-state index in [-0.39, 0.29) is 8.99 Å². The molecule has 0 saturated heterocycles. The number of ether oxygens (including phenoxy) is 2. The second kappa shape index (κ2) is 17.3. The first kappa shape index (κ1) is 36.1. The molecule has 0 N–H and O–H groups in total. The SMILES string of the molecule is CCCC[C](CCCC)(CCCC)[Sn][c]1nc(N(Cc2ccc(OC)cc2)Cc2ccc(OC)cc2)cc(C)c1C(F)(F)F. The fraction of sp³-hybridized carbons (Fsp3) is 0.528. The molecule has 0 aliphatic rings. The van der Waals surface area contributed by atoms with Crippen LogP contribution in [0.2, 0.25) is 3.43 Å². The maximum absolute atomic E-state index is 14.8. The molecule has 1 heterocycles. The van der Waals surface area contributed by atoms with Crippen molar-refractivity contribution in [3.05, 3.63) is 76.9 Å². The van der Waals surface area contributed by atoms with Crippen molar-refractivity contribution >= 4 is 30.7 Å². The number of unbranched alkanes of at least 4 members (excludes halogenated alkanes) is 3. The van der Waals surface area contributed by atoms with Crippen LogP contribution in [0.3, 0.4) is 0 Å². The second-order valence-corrected chi connectivity index (χ2v) is 16.9. The van der Waals surface area contributed by atoms with E-state index in [4.69, 9.17) is 14.5 Å². The predicted octanol–water partition coefficient (Wildman–Crippen LogP) is 9.69. The summed E-state index contributed by atoms with van der Waals surface area (Å²) in [4.78, 5) is 7.10. The minimum atomic E-state index is -4.44. The number of aromatic nitrogens is 1. The molecule has 2 aromatic carbocycles. The van der Waals surface area contributed by atoms with Crippen molar-refractivity contribution in [1.29, 1.82) is 0 Å². The van der Waals surface area contributed by atoms with Crippen LogP contribution >= 0.6 is 0 Å². The van der Waals surface area contributed by atoms with Crippen LogP contribution in [0.25, 0.3) is 0 Å². The summed E-state index contributed by atoms with van der Waals surface area (Å²) < 4.78 is 55.3. The van der Waals surface area contributed by atoms with Crippen LogP contribution in [-0.2, 0) is 19.3 Å². The molecule has 4 nitrogen and oxygen atoms in total. The number of halogens is 3. The molecule has 0 aliphatic carbocycles. The third kappa shape index (κ3) is 10.3. The van der Waals surface area contributed by atoms with E-state index in [9.17, 15) is 13.2 Å². The van der Waals surface area contributed by atoms with E-state index in [1.807, 2.05) is 48.5 Å². The Hall–Kier alpha value is -2.42. The van der Waals surface area contributed by atoms with Gasteiger partial charge in [0, 0.05) is 0 Å². The Morgan fingerprint density at radius 2 is 1.16 bits per heavy atom. The van der Waals surface area contributed by atoms with Crippen LogP contribution in [0.1, 0.15) is 101 Å². The molecule has 3 aromatic rings. The van der Waals surface area contributed by atoms with Crippen LogP contribution in [0.5, 0.6) is 11.5 Å². The quantitative estimate of drug-likeness (QED) is 0.123. The van der Waals surface area contributed by atoms with Gasteiger partial charge in [-0.05, 0) is 0 Å². The van der Waals surface area contributed by atoms with Crippen LogP contribution in [0.4, 0.5) is 19.0 Å². The van der Waals surface area contributed by atoms with E-state index in [1.54, 1.807) is 27.2 Å². The zero-order valence-electron chi connectivity index (χ0n) is 27.3. The Bertz CT molecular complexity index is 1210. The molecule has 240 valence electrons. The van der Waals surface area contributed by atoms with Crippen LogP contribution in [-0.4, -0.2) is 40.3 Å². The van der Waals surface area contributed by atoms with Gasteiger partial charge in [0.2, 0.25) is 0 Å². The van der Waals surface area contributed by atoms with E-state index in [0.29, 0.717) is 22.6 Å². The molecule has 8 heteroatoms. The summed E-state index contributed by atoms with van der Waals surface area (Å²) in [5.74, 6) is 2.13. The number of hydrogen-bond acceptors (Lipinski definition) is 4. The molecule has 3 rings (SSSR count). The zero-order chi connectivity index (χ0) is 32.2. The van der Waals surface area contributed by atoms with Crippen molar-refractivity contribution in [2.24, 2.45) is 0 Å². The summed E-state index contributed by atoms with van der Waals surface area (Å²) in [7, 11) is 3.27. The third-order valence-corrected chi connectivity index (χ3v) is 13.6. The molecule has 0 amide bonds. The first-order valence-electron chi connectivity index (χ1n) is 16.0. The van der Waals surface area contributed by atoms with Gasteiger partial charge in [0.05, 0.1) is 0 Å². The van der Waals surface area contributed by atoms with E-state index < -0.39 is 32.9 Å². The normalized spacial score (nSPS) is 11.9. The first-order chi connectivity index (χ1) is 21.1. The van der Waals surface area contributed by atoms with E-state index in [1.165, 1.54) is 0 Å². The number of pyridine rings is 1. The van der Waals surface area contributed by atoms with Crippen LogP contribution in [0, 0.1) is 6.92 Å². The maximum atomic E-state index is 14.8. The van der Waals surface area contributed by atoms with Gasteiger partial charge < -0.3 is 0 Å². The van der Waals surface area contributed by atoms with Crippen molar-refractivity contribution < 1.29 is 22.6 Å². The molecule has 1 aromatic heterocycles. The van der Waals surface area contributed by atoms with Crippen molar-refractivity contribution in [3.8, 4) is 11.5 Å². The minimum absolute atomic E-state index is 0.0275. The van der Waals surface area contributed by atoms with Crippen LogP contribution < -0.4 is 18.1 Å². The van der Waals surface area contributed by atoms with Crippen LogP contribution in [0.15, 0.2) is 54.6 Å². The summed E-state index contributed by atoms with van der Waals surface area (Å²) in [5, 5.41) is 0. The van der Waals surface area contributed by atoms with E-state index >= 15 is 0 Å². The van der Waals surface area contributed by atoms with Gasteiger partial charge in [-0.15, -0.1) is 0 Å². The fourth-order valence-corrected chi connectivity index (χ4v) is 11.6. The number of benzene rings is 2. The number of aryl methyl sites for hydroxylation is 1. The average Bonchev–Trinajstić information content (AvgIpc) is 3.01. The molecular weight excluding hydrogens is 668 g/mol. The number of nitrogens with zero attached hydrogens (tertiary/aromatic N) is 2. The summed E-state index contributed by atoms with van der Waals surface area (Å²) in [6.07, 6.45) is 4.87. The van der Waals surface area contributed by atoms with Crippen molar-refractivity contribution in [3.63, 3.8) is 0 Å². The zero-order valence-corrected chi connectivity index (χ0v) is 30.2. The number of hydrogen-bond donors (Lipinski definition) is 0. The fourth-order valence-electron chi connectivity index (χ4n) is 5.75. The molecule has 2 radical (unpaired) electrons. The third-order valence-electron chi connectivity index (χ3n) is 8.29. The summed E-state index contributed by atoms with van der Waals surface area (Å²) >= 11 is -1.79. The van der Waals surface area contributed by atoms with Crippen molar-refractivity contribution in [1.82, 2.24) is 4.98 Å². The average molecular weight is 718 g/mol. The van der Waals surface area contributed by atoms with Gasteiger partial charge in [-0.25, -0.2) is 0 Å². The van der Waals surface area contributed by atoms with Crippen molar-refractivity contribution in [2.75, 3.05) is 19.1 Å². The first-order valence-corrected chi connectivity index (χ1v) is 18.8. The molecule has 0 aliphatic heterocycles. The van der Waals surface area contributed by atoms with Gasteiger partial charge >= 0.3 is 274 Å². The molecule has 0 spiro atoms. The summed E-state index contributed by atoms with van der Waals surface area (Å²) in [6.45, 7) is 9.15. The standard InChI is InChI=1S/C23H22F3N2O2.C13H27.Sn/c1-16-12-22(27-13-21(16)23(24,25)26)28(14-17-4-8-19(29-2)9-5-17)15-18-6-10-20(30-3)11-7-18;1-4-7-10-13(11-8-5-2)12-9-6-3;/h4-12H,14-15H2,1-3H3;4-12H2,1-3H3;. The monoisotopic (exact) mass is 718 g/mol. The molecule has 0 atom stereocenters. The molecule has 0 bridgehead atoms. The topological polar surface area (TPSA) is 34.6 Å². The van der Waals surface area contributed by atoms with E-state index in [2.05, 4.69) is 25.7 Å². The second-order valence-electron chi connectivity index (χ2n) is 11.8. The molecular formula is C36H49F3N2O2Sn.